The van der Waals surface area contributed by atoms with Crippen LogP contribution in [0.25, 0.3) is 0 Å². The molecule has 3 N–H and O–H groups in total. The number of hydrogen-bond donors (Lipinski definition) is 3. The fourth-order valence-corrected chi connectivity index (χ4v) is 3.74. The first kappa shape index (κ1) is 18.9. The minimum atomic E-state index is -0.129. The molecule has 0 fully saturated rings. The number of benzene rings is 2. The molecule has 138 valence electrons. The van der Waals surface area contributed by atoms with E-state index >= 15 is 0 Å². The van der Waals surface area contributed by atoms with E-state index in [1.54, 1.807) is 6.07 Å². The summed E-state index contributed by atoms with van der Waals surface area (Å²) in [5, 5.41) is 17.5. The summed E-state index contributed by atoms with van der Waals surface area (Å²) in [5.74, 6) is 0.0242. The maximum absolute atomic E-state index is 12.0. The molecule has 3 rings (SSSR count). The Hall–Kier alpha value is -2.91. The Balaban J connectivity index is 1.52. The Bertz CT molecular complexity index is 930. The zero-order valence-corrected chi connectivity index (χ0v) is 16.1. The molecule has 1 heterocycles. The van der Waals surface area contributed by atoms with Gasteiger partial charge in [0.2, 0.25) is 16.9 Å². The molecule has 0 aliphatic rings. The predicted octanol–water partition coefficient (Wildman–Crippen LogP) is 3.97. The number of anilines is 4. The Labute approximate surface area is 164 Å². The van der Waals surface area contributed by atoms with Crippen LogP contribution in [-0.2, 0) is 9.59 Å². The summed E-state index contributed by atoms with van der Waals surface area (Å²) in [6, 6.07) is 16.6. The van der Waals surface area contributed by atoms with Crippen LogP contribution >= 0.6 is 23.1 Å². The Morgan fingerprint density at radius 1 is 0.963 bits per heavy atom. The SMILES string of the molecule is CC(=O)Nc1cccc(Nc2nnc(SCC(=O)Nc3ccccc3)s2)c1. The summed E-state index contributed by atoms with van der Waals surface area (Å²) in [6.45, 7) is 1.46. The van der Waals surface area contributed by atoms with Crippen molar-refractivity contribution in [2.75, 3.05) is 21.7 Å². The van der Waals surface area contributed by atoms with Crippen LogP contribution in [0, 0.1) is 0 Å². The number of hydrogen-bond acceptors (Lipinski definition) is 7. The van der Waals surface area contributed by atoms with Crippen molar-refractivity contribution in [3.05, 3.63) is 54.6 Å². The van der Waals surface area contributed by atoms with Crippen molar-refractivity contribution in [2.24, 2.45) is 0 Å². The Morgan fingerprint density at radius 2 is 1.70 bits per heavy atom. The van der Waals surface area contributed by atoms with E-state index in [1.165, 1.54) is 30.0 Å². The van der Waals surface area contributed by atoms with Gasteiger partial charge in [-0.2, -0.15) is 0 Å². The van der Waals surface area contributed by atoms with Crippen molar-refractivity contribution < 1.29 is 9.59 Å². The maximum Gasteiger partial charge on any atom is 0.234 e. The molecule has 2 aromatic carbocycles. The van der Waals surface area contributed by atoms with Gasteiger partial charge < -0.3 is 16.0 Å². The van der Waals surface area contributed by atoms with Gasteiger partial charge >= 0.3 is 0 Å². The smallest absolute Gasteiger partial charge is 0.234 e. The number of nitrogens with zero attached hydrogens (tertiary/aromatic N) is 2. The van der Waals surface area contributed by atoms with Crippen molar-refractivity contribution in [2.45, 2.75) is 11.3 Å². The highest BCUT2D eigenvalue weighted by atomic mass is 32.2. The van der Waals surface area contributed by atoms with Gasteiger partial charge in [-0.05, 0) is 30.3 Å². The van der Waals surface area contributed by atoms with Gasteiger partial charge in [-0.15, -0.1) is 10.2 Å². The Morgan fingerprint density at radius 3 is 2.48 bits per heavy atom. The van der Waals surface area contributed by atoms with Crippen molar-refractivity contribution in [3.63, 3.8) is 0 Å². The topological polar surface area (TPSA) is 96.0 Å². The third-order valence-electron chi connectivity index (χ3n) is 3.22. The fraction of sp³-hybridized carbons (Fsp3) is 0.111. The standard InChI is InChI=1S/C18H17N5O2S2/c1-12(24)19-14-8-5-9-15(10-14)21-17-22-23-18(27-17)26-11-16(25)20-13-6-3-2-4-7-13/h2-10H,11H2,1H3,(H,19,24)(H,20,25)(H,21,22). The lowest BCUT2D eigenvalue weighted by atomic mass is 10.3. The fourth-order valence-electron chi connectivity index (χ4n) is 2.17. The summed E-state index contributed by atoms with van der Waals surface area (Å²) in [6.07, 6.45) is 0. The lowest BCUT2D eigenvalue weighted by Gasteiger charge is -2.05. The van der Waals surface area contributed by atoms with E-state index in [9.17, 15) is 9.59 Å². The second kappa shape index (κ2) is 9.15. The van der Waals surface area contributed by atoms with Gasteiger partial charge in [0.15, 0.2) is 4.34 Å². The molecule has 1 aromatic heterocycles. The average molecular weight is 400 g/mol. The number of aromatic nitrogens is 2. The molecule has 3 aromatic rings. The number of carbonyl (C=O) groups excluding carboxylic acids is 2. The number of nitrogens with one attached hydrogen (secondary N) is 3. The molecule has 9 heteroatoms. The quantitative estimate of drug-likeness (QED) is 0.520. The molecule has 0 aliphatic heterocycles. The zero-order valence-electron chi connectivity index (χ0n) is 14.4. The molecule has 27 heavy (non-hydrogen) atoms. The lowest BCUT2D eigenvalue weighted by Crippen LogP contribution is -2.13. The second-order valence-corrected chi connectivity index (χ2v) is 7.66. The lowest BCUT2D eigenvalue weighted by molar-refractivity contribution is -0.114. The van der Waals surface area contributed by atoms with E-state index < -0.39 is 0 Å². The monoisotopic (exact) mass is 399 g/mol. The first-order valence-electron chi connectivity index (χ1n) is 8.04. The highest BCUT2D eigenvalue weighted by molar-refractivity contribution is 8.01. The normalized spacial score (nSPS) is 10.3. The number of thioether (sulfide) groups is 1. The van der Waals surface area contributed by atoms with E-state index in [-0.39, 0.29) is 17.6 Å². The molecular weight excluding hydrogens is 382 g/mol. The van der Waals surface area contributed by atoms with E-state index in [0.29, 0.717) is 15.2 Å². The Kier molecular flexibility index (Phi) is 6.39. The van der Waals surface area contributed by atoms with E-state index in [2.05, 4.69) is 26.1 Å². The van der Waals surface area contributed by atoms with Gasteiger partial charge in [0, 0.05) is 24.0 Å². The highest BCUT2D eigenvalue weighted by Crippen LogP contribution is 2.28. The molecule has 0 bridgehead atoms. The van der Waals surface area contributed by atoms with Gasteiger partial charge in [-0.1, -0.05) is 47.4 Å². The molecule has 0 unspecified atom stereocenters. The van der Waals surface area contributed by atoms with E-state index in [4.69, 9.17) is 0 Å². The number of rotatable bonds is 7. The summed E-state index contributed by atoms with van der Waals surface area (Å²) in [7, 11) is 0. The first-order valence-corrected chi connectivity index (χ1v) is 9.84. The van der Waals surface area contributed by atoms with Crippen molar-refractivity contribution in [3.8, 4) is 0 Å². The zero-order chi connectivity index (χ0) is 19.1. The summed E-state index contributed by atoms with van der Waals surface area (Å²) in [5.41, 5.74) is 2.25. The first-order chi connectivity index (χ1) is 13.1. The van der Waals surface area contributed by atoms with Crippen molar-refractivity contribution >= 4 is 57.1 Å². The molecule has 0 atom stereocenters. The van der Waals surface area contributed by atoms with Crippen LogP contribution in [0.5, 0.6) is 0 Å². The average Bonchev–Trinajstić information content (AvgIpc) is 3.08. The van der Waals surface area contributed by atoms with Crippen LogP contribution in [0.1, 0.15) is 6.92 Å². The van der Waals surface area contributed by atoms with Crippen LogP contribution < -0.4 is 16.0 Å². The van der Waals surface area contributed by atoms with E-state index in [0.717, 1.165) is 11.4 Å². The molecule has 0 radical (unpaired) electrons. The molecule has 0 saturated carbocycles. The molecule has 2 amide bonds. The van der Waals surface area contributed by atoms with Crippen LogP contribution in [0.3, 0.4) is 0 Å². The van der Waals surface area contributed by atoms with Crippen LogP contribution in [0.15, 0.2) is 58.9 Å². The van der Waals surface area contributed by atoms with Crippen LogP contribution in [0.4, 0.5) is 22.2 Å². The van der Waals surface area contributed by atoms with Crippen molar-refractivity contribution in [1.29, 1.82) is 0 Å². The van der Waals surface area contributed by atoms with Gasteiger partial charge in [-0.3, -0.25) is 9.59 Å². The molecule has 0 spiro atoms. The number of para-hydroxylation sites is 1. The number of carbonyl (C=O) groups is 2. The number of amides is 2. The van der Waals surface area contributed by atoms with Gasteiger partial charge in [0.1, 0.15) is 0 Å². The largest absolute Gasteiger partial charge is 0.330 e. The minimum Gasteiger partial charge on any atom is -0.330 e. The summed E-state index contributed by atoms with van der Waals surface area (Å²) < 4.78 is 0.693. The molecule has 0 saturated heterocycles. The summed E-state index contributed by atoms with van der Waals surface area (Å²) >= 11 is 2.68. The predicted molar refractivity (Wildman–Crippen MR) is 110 cm³/mol. The van der Waals surface area contributed by atoms with Gasteiger partial charge in [0.05, 0.1) is 5.75 Å². The highest BCUT2D eigenvalue weighted by Gasteiger charge is 2.09. The molecular formula is C18H17N5O2S2. The van der Waals surface area contributed by atoms with E-state index in [1.807, 2.05) is 48.5 Å². The summed E-state index contributed by atoms with van der Waals surface area (Å²) in [4.78, 5) is 23.1. The second-order valence-electron chi connectivity index (χ2n) is 5.46. The van der Waals surface area contributed by atoms with Gasteiger partial charge in [0.25, 0.3) is 0 Å². The van der Waals surface area contributed by atoms with Crippen LogP contribution in [0.2, 0.25) is 0 Å². The van der Waals surface area contributed by atoms with Crippen LogP contribution in [-0.4, -0.2) is 27.8 Å². The third-order valence-corrected chi connectivity index (χ3v) is 5.20. The van der Waals surface area contributed by atoms with Gasteiger partial charge in [-0.25, -0.2) is 0 Å². The minimum absolute atomic E-state index is 0.0982. The third kappa shape index (κ3) is 6.08. The molecule has 0 aliphatic carbocycles. The maximum atomic E-state index is 12.0. The van der Waals surface area contributed by atoms with Crippen molar-refractivity contribution in [1.82, 2.24) is 10.2 Å². The molecule has 7 nitrogen and oxygen atoms in total.